The SMILES string of the molecule is CC(C)n1cc(-c2sc(N)nc2-c2c(F)cccc2F)ccc1=O. The van der Waals surface area contributed by atoms with Gasteiger partial charge in [-0.25, -0.2) is 13.8 Å². The van der Waals surface area contributed by atoms with Gasteiger partial charge in [-0.3, -0.25) is 4.79 Å². The molecular formula is C17H15F2N3OS. The van der Waals surface area contributed by atoms with Crippen molar-refractivity contribution < 1.29 is 8.78 Å². The number of pyridine rings is 1. The Morgan fingerprint density at radius 3 is 2.46 bits per heavy atom. The van der Waals surface area contributed by atoms with Crippen LogP contribution in [0.15, 0.2) is 41.3 Å². The third-order valence-electron chi connectivity index (χ3n) is 3.60. The Hall–Kier alpha value is -2.54. The molecular weight excluding hydrogens is 332 g/mol. The molecule has 3 rings (SSSR count). The summed E-state index contributed by atoms with van der Waals surface area (Å²) < 4.78 is 29.8. The minimum atomic E-state index is -0.710. The van der Waals surface area contributed by atoms with Gasteiger partial charge in [-0.2, -0.15) is 0 Å². The summed E-state index contributed by atoms with van der Waals surface area (Å²) in [6.45, 7) is 3.76. The predicted octanol–water partition coefficient (Wildman–Crippen LogP) is 4.08. The highest BCUT2D eigenvalue weighted by Crippen LogP contribution is 2.39. The first kappa shape index (κ1) is 16.3. The van der Waals surface area contributed by atoms with Crippen LogP contribution in [0, 0.1) is 11.6 Å². The molecule has 0 saturated carbocycles. The summed E-state index contributed by atoms with van der Waals surface area (Å²) in [6, 6.07) is 6.63. The van der Waals surface area contributed by atoms with Crippen LogP contribution in [0.1, 0.15) is 19.9 Å². The fraction of sp³-hybridized carbons (Fsp3) is 0.176. The van der Waals surface area contributed by atoms with E-state index in [4.69, 9.17) is 5.73 Å². The first-order chi connectivity index (χ1) is 11.4. The van der Waals surface area contributed by atoms with Crippen LogP contribution in [0.3, 0.4) is 0 Å². The lowest BCUT2D eigenvalue weighted by Gasteiger charge is -2.11. The minimum Gasteiger partial charge on any atom is -0.375 e. The monoisotopic (exact) mass is 347 g/mol. The van der Waals surface area contributed by atoms with E-state index in [2.05, 4.69) is 4.98 Å². The molecule has 2 heterocycles. The molecule has 0 saturated heterocycles. The van der Waals surface area contributed by atoms with Crippen molar-refractivity contribution in [2.45, 2.75) is 19.9 Å². The highest BCUT2D eigenvalue weighted by Gasteiger charge is 2.21. The van der Waals surface area contributed by atoms with Gasteiger partial charge < -0.3 is 10.3 Å². The molecule has 0 bridgehead atoms. The smallest absolute Gasteiger partial charge is 0.250 e. The lowest BCUT2D eigenvalue weighted by Crippen LogP contribution is -2.20. The number of anilines is 1. The summed E-state index contributed by atoms with van der Waals surface area (Å²) in [5.41, 5.74) is 6.18. The Balaban J connectivity index is 2.25. The summed E-state index contributed by atoms with van der Waals surface area (Å²) in [4.78, 5) is 16.5. The second-order valence-corrected chi connectivity index (χ2v) is 6.61. The molecule has 24 heavy (non-hydrogen) atoms. The topological polar surface area (TPSA) is 60.9 Å². The zero-order valence-electron chi connectivity index (χ0n) is 13.1. The molecule has 0 fully saturated rings. The van der Waals surface area contributed by atoms with Crippen molar-refractivity contribution in [2.24, 2.45) is 0 Å². The number of hydrogen-bond donors (Lipinski definition) is 1. The fourth-order valence-corrected chi connectivity index (χ4v) is 3.30. The maximum atomic E-state index is 14.1. The van der Waals surface area contributed by atoms with Gasteiger partial charge in [0.05, 0.1) is 16.1 Å². The molecule has 124 valence electrons. The Kier molecular flexibility index (Phi) is 4.19. The van der Waals surface area contributed by atoms with Crippen molar-refractivity contribution in [3.05, 3.63) is 58.5 Å². The van der Waals surface area contributed by atoms with Crippen molar-refractivity contribution in [2.75, 3.05) is 5.73 Å². The maximum absolute atomic E-state index is 14.1. The standard InChI is InChI=1S/C17H15F2N3OS/c1-9(2)22-8-10(6-7-13(22)23)16-15(21-17(20)24-16)14-11(18)4-3-5-12(14)19/h3-9H,1-2H3,(H2,20,21). The van der Waals surface area contributed by atoms with Crippen LogP contribution in [-0.2, 0) is 0 Å². The highest BCUT2D eigenvalue weighted by molar-refractivity contribution is 7.19. The number of hydrogen-bond acceptors (Lipinski definition) is 4. The number of benzene rings is 1. The molecule has 0 atom stereocenters. The molecule has 4 nitrogen and oxygen atoms in total. The number of rotatable bonds is 3. The van der Waals surface area contributed by atoms with E-state index in [1.165, 1.54) is 24.3 Å². The molecule has 3 aromatic rings. The van der Waals surface area contributed by atoms with Crippen molar-refractivity contribution in [3.8, 4) is 21.7 Å². The van der Waals surface area contributed by atoms with E-state index < -0.39 is 11.6 Å². The van der Waals surface area contributed by atoms with Gasteiger partial charge in [-0.05, 0) is 32.0 Å². The van der Waals surface area contributed by atoms with Crippen LogP contribution >= 0.6 is 11.3 Å². The zero-order valence-corrected chi connectivity index (χ0v) is 13.9. The van der Waals surface area contributed by atoms with E-state index in [1.54, 1.807) is 16.8 Å². The number of aromatic nitrogens is 2. The van der Waals surface area contributed by atoms with Gasteiger partial charge in [0.2, 0.25) is 0 Å². The molecule has 0 amide bonds. The summed E-state index contributed by atoms with van der Waals surface area (Å²) in [5.74, 6) is -1.42. The second-order valence-electron chi connectivity index (χ2n) is 5.58. The first-order valence-corrected chi connectivity index (χ1v) is 8.13. The predicted molar refractivity (Wildman–Crippen MR) is 92.0 cm³/mol. The van der Waals surface area contributed by atoms with Crippen LogP contribution in [0.5, 0.6) is 0 Å². The lowest BCUT2D eigenvalue weighted by molar-refractivity contribution is 0.579. The Morgan fingerprint density at radius 2 is 1.83 bits per heavy atom. The number of nitrogen functional groups attached to an aromatic ring is 1. The van der Waals surface area contributed by atoms with Gasteiger partial charge in [-0.15, -0.1) is 0 Å². The van der Waals surface area contributed by atoms with Crippen molar-refractivity contribution in [1.82, 2.24) is 9.55 Å². The molecule has 2 aromatic heterocycles. The molecule has 7 heteroatoms. The minimum absolute atomic E-state index is 0.0450. The molecule has 0 spiro atoms. The van der Waals surface area contributed by atoms with E-state index >= 15 is 0 Å². The largest absolute Gasteiger partial charge is 0.375 e. The fourth-order valence-electron chi connectivity index (χ4n) is 2.47. The van der Waals surface area contributed by atoms with Gasteiger partial charge in [0, 0.05) is 23.9 Å². The summed E-state index contributed by atoms with van der Waals surface area (Å²) in [6.07, 6.45) is 1.65. The third kappa shape index (κ3) is 2.82. The molecule has 0 aliphatic rings. The lowest BCUT2D eigenvalue weighted by atomic mass is 10.1. The summed E-state index contributed by atoms with van der Waals surface area (Å²) >= 11 is 1.12. The Labute approximate surface area is 141 Å². The number of nitrogens with two attached hydrogens (primary N) is 1. The van der Waals surface area contributed by atoms with Gasteiger partial charge in [-0.1, -0.05) is 17.4 Å². The highest BCUT2D eigenvalue weighted by atomic mass is 32.1. The maximum Gasteiger partial charge on any atom is 0.250 e. The van der Waals surface area contributed by atoms with E-state index in [9.17, 15) is 13.6 Å². The molecule has 0 radical (unpaired) electrons. The van der Waals surface area contributed by atoms with E-state index in [0.717, 1.165) is 11.3 Å². The van der Waals surface area contributed by atoms with E-state index in [-0.39, 0.29) is 28.0 Å². The van der Waals surface area contributed by atoms with Crippen LogP contribution in [0.25, 0.3) is 21.7 Å². The summed E-state index contributed by atoms with van der Waals surface area (Å²) in [5, 5.41) is 0.199. The van der Waals surface area contributed by atoms with Gasteiger partial charge in [0.1, 0.15) is 11.6 Å². The van der Waals surface area contributed by atoms with E-state index in [0.29, 0.717) is 10.4 Å². The van der Waals surface area contributed by atoms with Crippen molar-refractivity contribution in [1.29, 1.82) is 0 Å². The van der Waals surface area contributed by atoms with Crippen molar-refractivity contribution >= 4 is 16.5 Å². The normalized spacial score (nSPS) is 11.2. The average molecular weight is 347 g/mol. The van der Waals surface area contributed by atoms with Crippen LogP contribution < -0.4 is 11.3 Å². The second kappa shape index (κ2) is 6.16. The van der Waals surface area contributed by atoms with Gasteiger partial charge in [0.15, 0.2) is 5.13 Å². The summed E-state index contributed by atoms with van der Waals surface area (Å²) in [7, 11) is 0. The Bertz CT molecular complexity index is 942. The van der Waals surface area contributed by atoms with Gasteiger partial charge >= 0.3 is 0 Å². The number of halogens is 2. The number of nitrogens with zero attached hydrogens (tertiary/aromatic N) is 2. The van der Waals surface area contributed by atoms with Gasteiger partial charge in [0.25, 0.3) is 5.56 Å². The Morgan fingerprint density at radius 1 is 1.17 bits per heavy atom. The van der Waals surface area contributed by atoms with Crippen molar-refractivity contribution in [3.63, 3.8) is 0 Å². The number of thiazole rings is 1. The average Bonchev–Trinajstić information content (AvgIpc) is 2.89. The zero-order chi connectivity index (χ0) is 17.4. The molecule has 0 aliphatic heterocycles. The van der Waals surface area contributed by atoms with Crippen LogP contribution in [-0.4, -0.2) is 9.55 Å². The first-order valence-electron chi connectivity index (χ1n) is 7.31. The molecule has 0 unspecified atom stereocenters. The molecule has 2 N–H and O–H groups in total. The van der Waals surface area contributed by atoms with E-state index in [1.807, 2.05) is 13.8 Å². The third-order valence-corrected chi connectivity index (χ3v) is 4.53. The quantitative estimate of drug-likeness (QED) is 0.776. The van der Waals surface area contributed by atoms with Crippen LogP contribution in [0.2, 0.25) is 0 Å². The molecule has 1 aromatic carbocycles. The van der Waals surface area contributed by atoms with Crippen LogP contribution in [0.4, 0.5) is 13.9 Å². The molecule has 0 aliphatic carbocycles.